The smallest absolute Gasteiger partial charge is 0.255 e. The first-order valence-corrected chi connectivity index (χ1v) is 11.0. The fourth-order valence-corrected chi connectivity index (χ4v) is 5.01. The van der Waals surface area contributed by atoms with E-state index in [4.69, 9.17) is 0 Å². The molecule has 1 fully saturated rings. The molecule has 0 atom stereocenters. The SMILES string of the molecule is Cc1c(C)n(CCC(=O)N2CCC3(CC2)NC(=O)c2ccccc2N3)c2ccccc12. The van der Waals surface area contributed by atoms with Crippen molar-refractivity contribution in [2.24, 2.45) is 0 Å². The Labute approximate surface area is 182 Å². The zero-order valence-electron chi connectivity index (χ0n) is 18.1. The summed E-state index contributed by atoms with van der Waals surface area (Å²) < 4.78 is 2.26. The highest BCUT2D eigenvalue weighted by Gasteiger charge is 2.40. The summed E-state index contributed by atoms with van der Waals surface area (Å²) in [5, 5.41) is 7.92. The number of amides is 2. The number of aryl methyl sites for hydroxylation is 2. The Hall–Kier alpha value is -3.28. The lowest BCUT2D eigenvalue weighted by atomic mass is 9.92. The topological polar surface area (TPSA) is 66.4 Å². The van der Waals surface area contributed by atoms with E-state index >= 15 is 0 Å². The predicted molar refractivity (Wildman–Crippen MR) is 122 cm³/mol. The van der Waals surface area contributed by atoms with Gasteiger partial charge in [-0.2, -0.15) is 0 Å². The molecule has 6 nitrogen and oxygen atoms in total. The van der Waals surface area contributed by atoms with Gasteiger partial charge in [0, 0.05) is 61.2 Å². The van der Waals surface area contributed by atoms with Crippen LogP contribution in [0.2, 0.25) is 0 Å². The van der Waals surface area contributed by atoms with Crippen LogP contribution in [0.3, 0.4) is 0 Å². The van der Waals surface area contributed by atoms with Gasteiger partial charge in [0.1, 0.15) is 5.66 Å². The third-order valence-corrected chi connectivity index (χ3v) is 6.96. The van der Waals surface area contributed by atoms with Crippen LogP contribution in [-0.2, 0) is 11.3 Å². The van der Waals surface area contributed by atoms with Crippen molar-refractivity contribution in [3.05, 3.63) is 65.4 Å². The number of benzene rings is 2. The molecule has 2 amide bonds. The molecule has 3 aromatic rings. The summed E-state index contributed by atoms with van der Waals surface area (Å²) in [7, 11) is 0. The first-order chi connectivity index (χ1) is 15.0. The molecule has 3 heterocycles. The van der Waals surface area contributed by atoms with Crippen molar-refractivity contribution >= 4 is 28.4 Å². The molecule has 2 aromatic carbocycles. The first-order valence-electron chi connectivity index (χ1n) is 11.0. The molecule has 2 aliphatic rings. The van der Waals surface area contributed by atoms with E-state index in [0.29, 0.717) is 44.5 Å². The normalized spacial score (nSPS) is 17.4. The number of nitrogens with one attached hydrogen (secondary N) is 2. The van der Waals surface area contributed by atoms with E-state index in [2.05, 4.69) is 47.2 Å². The number of piperidine rings is 1. The van der Waals surface area contributed by atoms with E-state index in [9.17, 15) is 9.59 Å². The largest absolute Gasteiger partial charge is 0.362 e. The van der Waals surface area contributed by atoms with Crippen LogP contribution < -0.4 is 10.6 Å². The number of likely N-dealkylation sites (tertiary alicyclic amines) is 1. The van der Waals surface area contributed by atoms with Crippen molar-refractivity contribution in [2.45, 2.75) is 45.3 Å². The lowest BCUT2D eigenvalue weighted by Gasteiger charge is -2.46. The van der Waals surface area contributed by atoms with Crippen LogP contribution in [-0.4, -0.2) is 40.0 Å². The summed E-state index contributed by atoms with van der Waals surface area (Å²) in [4.78, 5) is 27.4. The van der Waals surface area contributed by atoms with Gasteiger partial charge in [-0.05, 0) is 37.6 Å². The monoisotopic (exact) mass is 416 g/mol. The molecule has 0 radical (unpaired) electrons. The molecule has 160 valence electrons. The Morgan fingerprint density at radius 2 is 1.71 bits per heavy atom. The minimum Gasteiger partial charge on any atom is -0.362 e. The van der Waals surface area contributed by atoms with Crippen LogP contribution in [0.15, 0.2) is 48.5 Å². The van der Waals surface area contributed by atoms with Gasteiger partial charge in [-0.1, -0.05) is 30.3 Å². The molecule has 6 heteroatoms. The molecule has 0 unspecified atom stereocenters. The summed E-state index contributed by atoms with van der Waals surface area (Å²) in [6.07, 6.45) is 1.88. The minimum atomic E-state index is -0.466. The van der Waals surface area contributed by atoms with E-state index in [0.717, 1.165) is 5.69 Å². The summed E-state index contributed by atoms with van der Waals surface area (Å²) in [5.41, 5.74) is 4.78. The maximum Gasteiger partial charge on any atom is 0.255 e. The molecule has 0 saturated carbocycles. The van der Waals surface area contributed by atoms with E-state index in [1.807, 2.05) is 35.2 Å². The van der Waals surface area contributed by atoms with E-state index in [1.165, 1.54) is 22.2 Å². The molecule has 1 saturated heterocycles. The lowest BCUT2D eigenvalue weighted by Crippen LogP contribution is -2.62. The van der Waals surface area contributed by atoms with Crippen LogP contribution in [0, 0.1) is 13.8 Å². The van der Waals surface area contributed by atoms with Crippen LogP contribution in [0.25, 0.3) is 10.9 Å². The van der Waals surface area contributed by atoms with Gasteiger partial charge in [-0.3, -0.25) is 9.59 Å². The Morgan fingerprint density at radius 3 is 2.52 bits per heavy atom. The Balaban J connectivity index is 1.24. The van der Waals surface area contributed by atoms with Crippen LogP contribution in [0.5, 0.6) is 0 Å². The molecule has 0 bridgehead atoms. The second-order valence-corrected chi connectivity index (χ2v) is 8.72. The molecule has 2 N–H and O–H groups in total. The number of nitrogens with zero attached hydrogens (tertiary/aromatic N) is 2. The van der Waals surface area contributed by atoms with Crippen LogP contribution >= 0.6 is 0 Å². The highest BCUT2D eigenvalue weighted by molar-refractivity contribution is 6.02. The number of para-hydroxylation sites is 2. The van der Waals surface area contributed by atoms with Gasteiger partial charge in [0.25, 0.3) is 5.91 Å². The number of carbonyl (C=O) groups excluding carboxylic acids is 2. The standard InChI is InChI=1S/C25H28N4O2/c1-17-18(2)29(22-10-6-4-7-19(17)22)14-11-23(30)28-15-12-25(13-16-28)26-21-9-5-3-8-20(21)24(31)27-25/h3-10,26H,11-16H2,1-2H3,(H,27,31). The zero-order chi connectivity index (χ0) is 21.6. The molecule has 5 rings (SSSR count). The minimum absolute atomic E-state index is 0.0422. The highest BCUT2D eigenvalue weighted by atomic mass is 16.2. The summed E-state index contributed by atoms with van der Waals surface area (Å²) >= 11 is 0. The average Bonchev–Trinajstić information content (AvgIpc) is 3.02. The number of anilines is 1. The molecular formula is C25H28N4O2. The lowest BCUT2D eigenvalue weighted by molar-refractivity contribution is -0.132. The average molecular weight is 417 g/mol. The third-order valence-electron chi connectivity index (χ3n) is 6.96. The summed E-state index contributed by atoms with van der Waals surface area (Å²) in [5.74, 6) is 0.131. The van der Waals surface area contributed by atoms with Gasteiger partial charge in [0.2, 0.25) is 5.91 Å². The third kappa shape index (κ3) is 3.36. The molecular weight excluding hydrogens is 388 g/mol. The first kappa shape index (κ1) is 19.7. The number of hydrogen-bond acceptors (Lipinski definition) is 3. The molecule has 31 heavy (non-hydrogen) atoms. The van der Waals surface area contributed by atoms with Crippen molar-refractivity contribution in [2.75, 3.05) is 18.4 Å². The maximum atomic E-state index is 13.0. The Bertz CT molecular complexity index is 1170. The van der Waals surface area contributed by atoms with Crippen LogP contribution in [0.4, 0.5) is 5.69 Å². The van der Waals surface area contributed by atoms with Crippen molar-refractivity contribution in [3.8, 4) is 0 Å². The predicted octanol–water partition coefficient (Wildman–Crippen LogP) is 3.82. The fraction of sp³-hybridized carbons (Fsp3) is 0.360. The number of hydrogen-bond donors (Lipinski definition) is 2. The van der Waals surface area contributed by atoms with Gasteiger partial charge < -0.3 is 20.1 Å². The van der Waals surface area contributed by atoms with Crippen molar-refractivity contribution in [3.63, 3.8) is 0 Å². The molecule has 2 aliphatic heterocycles. The Kier molecular flexibility index (Phi) is 4.73. The van der Waals surface area contributed by atoms with Crippen molar-refractivity contribution in [1.82, 2.24) is 14.8 Å². The Morgan fingerprint density at radius 1 is 1.00 bits per heavy atom. The van der Waals surface area contributed by atoms with E-state index in [1.54, 1.807) is 0 Å². The number of rotatable bonds is 3. The van der Waals surface area contributed by atoms with Gasteiger partial charge in [0.05, 0.1) is 5.56 Å². The van der Waals surface area contributed by atoms with Crippen molar-refractivity contribution in [1.29, 1.82) is 0 Å². The van der Waals surface area contributed by atoms with Crippen LogP contribution in [0.1, 0.15) is 40.9 Å². The number of aromatic nitrogens is 1. The molecule has 1 spiro atoms. The molecule has 0 aliphatic carbocycles. The zero-order valence-corrected chi connectivity index (χ0v) is 18.1. The summed E-state index contributed by atoms with van der Waals surface area (Å²) in [6.45, 7) is 6.23. The van der Waals surface area contributed by atoms with E-state index < -0.39 is 5.66 Å². The van der Waals surface area contributed by atoms with Gasteiger partial charge in [-0.15, -0.1) is 0 Å². The maximum absolute atomic E-state index is 13.0. The summed E-state index contributed by atoms with van der Waals surface area (Å²) in [6, 6.07) is 16.0. The number of carbonyl (C=O) groups is 2. The van der Waals surface area contributed by atoms with Gasteiger partial charge in [0.15, 0.2) is 0 Å². The highest BCUT2D eigenvalue weighted by Crippen LogP contribution is 2.31. The fourth-order valence-electron chi connectivity index (χ4n) is 5.01. The quantitative estimate of drug-likeness (QED) is 0.682. The van der Waals surface area contributed by atoms with Gasteiger partial charge in [-0.25, -0.2) is 0 Å². The van der Waals surface area contributed by atoms with Crippen molar-refractivity contribution < 1.29 is 9.59 Å². The molecule has 1 aromatic heterocycles. The second kappa shape index (κ2) is 7.45. The second-order valence-electron chi connectivity index (χ2n) is 8.72. The van der Waals surface area contributed by atoms with Gasteiger partial charge >= 0.3 is 0 Å². The number of fused-ring (bicyclic) bond motifs is 2. The van der Waals surface area contributed by atoms with E-state index in [-0.39, 0.29) is 11.8 Å².